The Labute approximate surface area is 119 Å². The van der Waals surface area contributed by atoms with Crippen LogP contribution < -0.4 is 4.90 Å². The highest BCUT2D eigenvalue weighted by Crippen LogP contribution is 2.28. The van der Waals surface area contributed by atoms with Crippen LogP contribution in [-0.4, -0.2) is 28.0 Å². The van der Waals surface area contributed by atoms with Gasteiger partial charge in [0, 0.05) is 25.5 Å². The molecule has 3 nitrogen and oxygen atoms in total. The third-order valence-corrected chi connectivity index (χ3v) is 4.59. The van der Waals surface area contributed by atoms with Gasteiger partial charge in [0.05, 0.1) is 11.0 Å². The van der Waals surface area contributed by atoms with Crippen molar-refractivity contribution >= 4 is 28.6 Å². The zero-order chi connectivity index (χ0) is 13.4. The number of anilines is 1. The maximum atomic E-state index is 6.21. The number of halogens is 1. The molecule has 3 rings (SSSR count). The van der Waals surface area contributed by atoms with Crippen molar-refractivity contribution in [2.45, 2.75) is 25.1 Å². The molecule has 1 aliphatic rings. The second-order valence-corrected chi connectivity index (χ2v) is 6.15. The fourth-order valence-electron chi connectivity index (χ4n) is 2.97. The fraction of sp³-hybridized carbons (Fsp3) is 0.533. The average molecular weight is 278 g/mol. The molecule has 1 aliphatic heterocycles. The third-order valence-electron chi connectivity index (χ3n) is 4.24. The van der Waals surface area contributed by atoms with E-state index in [4.69, 9.17) is 16.6 Å². The number of aromatic nitrogens is 2. The van der Waals surface area contributed by atoms with E-state index in [0.717, 1.165) is 37.4 Å². The van der Waals surface area contributed by atoms with Gasteiger partial charge in [-0.15, -0.1) is 11.6 Å². The van der Waals surface area contributed by atoms with Crippen LogP contribution >= 0.6 is 11.6 Å². The topological polar surface area (TPSA) is 21.1 Å². The van der Waals surface area contributed by atoms with Crippen LogP contribution in [0.5, 0.6) is 0 Å². The number of fused-ring (bicyclic) bond motifs is 1. The number of hydrogen-bond donors (Lipinski definition) is 0. The number of alkyl halides is 1. The Morgan fingerprint density at radius 3 is 2.58 bits per heavy atom. The molecule has 4 heteroatoms. The lowest BCUT2D eigenvalue weighted by Gasteiger charge is -2.33. The summed E-state index contributed by atoms with van der Waals surface area (Å²) in [5.74, 6) is 1.73. The van der Waals surface area contributed by atoms with Crippen LogP contribution in [0.2, 0.25) is 0 Å². The highest BCUT2D eigenvalue weighted by Gasteiger charge is 2.25. The first kappa shape index (κ1) is 12.8. The van der Waals surface area contributed by atoms with E-state index in [2.05, 4.69) is 41.6 Å². The highest BCUT2D eigenvalue weighted by molar-refractivity contribution is 6.20. The Kier molecular flexibility index (Phi) is 3.40. The normalized spacial score (nSPS) is 19.0. The summed E-state index contributed by atoms with van der Waals surface area (Å²) in [7, 11) is 2.10. The number of hydrogen-bond acceptors (Lipinski definition) is 2. The van der Waals surface area contributed by atoms with E-state index in [1.165, 1.54) is 5.52 Å². The first-order valence-electron chi connectivity index (χ1n) is 6.97. The van der Waals surface area contributed by atoms with Crippen molar-refractivity contribution < 1.29 is 0 Å². The SMILES string of the molecule is CC(Cl)C1CCN(c2nc3ccccc3n2C)CC1. The van der Waals surface area contributed by atoms with Crippen LogP contribution in [0, 0.1) is 5.92 Å². The lowest BCUT2D eigenvalue weighted by Crippen LogP contribution is -2.37. The zero-order valence-electron chi connectivity index (χ0n) is 11.5. The van der Waals surface area contributed by atoms with E-state index in [1.54, 1.807) is 0 Å². The summed E-state index contributed by atoms with van der Waals surface area (Å²) in [5.41, 5.74) is 2.28. The molecule has 0 spiro atoms. The minimum atomic E-state index is 0.280. The van der Waals surface area contributed by atoms with Gasteiger partial charge in [0.15, 0.2) is 0 Å². The summed E-state index contributed by atoms with van der Waals surface area (Å²) < 4.78 is 2.19. The molecule has 0 radical (unpaired) electrons. The van der Waals surface area contributed by atoms with Crippen molar-refractivity contribution in [2.24, 2.45) is 13.0 Å². The quantitative estimate of drug-likeness (QED) is 0.785. The Hall–Kier alpha value is -1.22. The summed E-state index contributed by atoms with van der Waals surface area (Å²) in [6.45, 7) is 4.22. The van der Waals surface area contributed by atoms with Crippen LogP contribution in [0.15, 0.2) is 24.3 Å². The summed E-state index contributed by atoms with van der Waals surface area (Å²) in [5, 5.41) is 0.280. The summed E-state index contributed by atoms with van der Waals surface area (Å²) in [4.78, 5) is 7.15. The van der Waals surface area contributed by atoms with Crippen LogP contribution in [0.25, 0.3) is 11.0 Å². The molecular formula is C15H20ClN3. The molecule has 19 heavy (non-hydrogen) atoms. The van der Waals surface area contributed by atoms with E-state index in [9.17, 15) is 0 Å². The number of aryl methyl sites for hydroxylation is 1. The molecule has 1 fully saturated rings. The predicted octanol–water partition coefficient (Wildman–Crippen LogP) is 3.42. The summed E-state index contributed by atoms with van der Waals surface area (Å²) >= 11 is 6.21. The Bertz CT molecular complexity index is 568. The number of rotatable bonds is 2. The van der Waals surface area contributed by atoms with E-state index in [-0.39, 0.29) is 5.38 Å². The second-order valence-electron chi connectivity index (χ2n) is 5.46. The average Bonchev–Trinajstić information content (AvgIpc) is 2.77. The Morgan fingerprint density at radius 2 is 1.95 bits per heavy atom. The molecule has 0 saturated carbocycles. The molecule has 0 aliphatic carbocycles. The second kappa shape index (κ2) is 5.04. The van der Waals surface area contributed by atoms with Crippen LogP contribution in [-0.2, 0) is 7.05 Å². The van der Waals surface area contributed by atoms with E-state index >= 15 is 0 Å². The maximum Gasteiger partial charge on any atom is 0.206 e. The molecule has 2 aromatic rings. The number of benzene rings is 1. The van der Waals surface area contributed by atoms with Crippen LogP contribution in [0.1, 0.15) is 19.8 Å². The number of para-hydroxylation sites is 2. The molecule has 0 amide bonds. The molecule has 0 N–H and O–H groups in total. The predicted molar refractivity (Wildman–Crippen MR) is 81.0 cm³/mol. The van der Waals surface area contributed by atoms with Crippen molar-refractivity contribution in [3.63, 3.8) is 0 Å². The number of piperidine rings is 1. The lowest BCUT2D eigenvalue weighted by molar-refractivity contribution is 0.396. The number of nitrogens with zero attached hydrogens (tertiary/aromatic N) is 3. The highest BCUT2D eigenvalue weighted by atomic mass is 35.5. The summed E-state index contributed by atoms with van der Waals surface area (Å²) in [6, 6.07) is 8.31. The molecule has 102 valence electrons. The minimum absolute atomic E-state index is 0.280. The standard InChI is InChI=1S/C15H20ClN3/c1-11(16)12-7-9-19(10-8-12)15-17-13-5-3-4-6-14(13)18(15)2/h3-6,11-12H,7-10H2,1-2H3. The van der Waals surface area contributed by atoms with Gasteiger partial charge in [0.2, 0.25) is 5.95 Å². The van der Waals surface area contributed by atoms with Gasteiger partial charge in [-0.3, -0.25) is 0 Å². The van der Waals surface area contributed by atoms with E-state index < -0.39 is 0 Å². The number of imidazole rings is 1. The molecular weight excluding hydrogens is 258 g/mol. The van der Waals surface area contributed by atoms with E-state index in [0.29, 0.717) is 5.92 Å². The lowest BCUT2D eigenvalue weighted by atomic mass is 9.94. The van der Waals surface area contributed by atoms with Gasteiger partial charge in [-0.1, -0.05) is 12.1 Å². The van der Waals surface area contributed by atoms with Gasteiger partial charge < -0.3 is 9.47 Å². The van der Waals surface area contributed by atoms with Crippen molar-refractivity contribution in [2.75, 3.05) is 18.0 Å². The fourth-order valence-corrected chi connectivity index (χ4v) is 3.23. The van der Waals surface area contributed by atoms with E-state index in [1.807, 2.05) is 6.07 Å². The molecule has 1 saturated heterocycles. The third kappa shape index (κ3) is 2.32. The van der Waals surface area contributed by atoms with Gasteiger partial charge in [0.25, 0.3) is 0 Å². The molecule has 1 aromatic heterocycles. The zero-order valence-corrected chi connectivity index (χ0v) is 12.3. The van der Waals surface area contributed by atoms with Gasteiger partial charge in [0.1, 0.15) is 0 Å². The Morgan fingerprint density at radius 1 is 1.26 bits per heavy atom. The maximum absolute atomic E-state index is 6.21. The molecule has 1 unspecified atom stereocenters. The smallest absolute Gasteiger partial charge is 0.206 e. The van der Waals surface area contributed by atoms with Crippen LogP contribution in [0.4, 0.5) is 5.95 Å². The first-order chi connectivity index (χ1) is 9.16. The summed E-state index contributed by atoms with van der Waals surface area (Å²) in [6.07, 6.45) is 2.32. The van der Waals surface area contributed by atoms with Crippen molar-refractivity contribution in [3.8, 4) is 0 Å². The molecule has 1 atom stereocenters. The van der Waals surface area contributed by atoms with Gasteiger partial charge in [-0.05, 0) is 37.8 Å². The Balaban J connectivity index is 1.84. The van der Waals surface area contributed by atoms with Gasteiger partial charge >= 0.3 is 0 Å². The largest absolute Gasteiger partial charge is 0.342 e. The molecule has 1 aromatic carbocycles. The minimum Gasteiger partial charge on any atom is -0.342 e. The van der Waals surface area contributed by atoms with Gasteiger partial charge in [-0.25, -0.2) is 4.98 Å². The van der Waals surface area contributed by atoms with Crippen LogP contribution in [0.3, 0.4) is 0 Å². The van der Waals surface area contributed by atoms with Crippen molar-refractivity contribution in [1.29, 1.82) is 0 Å². The first-order valence-corrected chi connectivity index (χ1v) is 7.41. The van der Waals surface area contributed by atoms with Gasteiger partial charge in [-0.2, -0.15) is 0 Å². The van der Waals surface area contributed by atoms with Crippen molar-refractivity contribution in [1.82, 2.24) is 9.55 Å². The molecule has 0 bridgehead atoms. The monoisotopic (exact) mass is 277 g/mol. The van der Waals surface area contributed by atoms with Crippen molar-refractivity contribution in [3.05, 3.63) is 24.3 Å². The molecule has 2 heterocycles.